The summed E-state index contributed by atoms with van der Waals surface area (Å²) in [4.78, 5) is 29.0. The highest BCUT2D eigenvalue weighted by molar-refractivity contribution is 5.85. The van der Waals surface area contributed by atoms with E-state index in [1.807, 2.05) is 42.5 Å². The van der Waals surface area contributed by atoms with Crippen LogP contribution in [-0.2, 0) is 17.9 Å². The molecule has 6 nitrogen and oxygen atoms in total. The van der Waals surface area contributed by atoms with Crippen LogP contribution >= 0.6 is 0 Å². The van der Waals surface area contributed by atoms with Gasteiger partial charge >= 0.3 is 0 Å². The van der Waals surface area contributed by atoms with Crippen molar-refractivity contribution >= 4 is 27.6 Å². The van der Waals surface area contributed by atoms with Crippen molar-refractivity contribution in [2.45, 2.75) is 13.1 Å². The van der Waals surface area contributed by atoms with Crippen LogP contribution in [0.1, 0.15) is 5.56 Å². The van der Waals surface area contributed by atoms with Gasteiger partial charge in [0.2, 0.25) is 5.91 Å². The van der Waals surface area contributed by atoms with Gasteiger partial charge in [0, 0.05) is 6.54 Å². The molecule has 0 aliphatic carbocycles. The minimum atomic E-state index is -0.242. The Morgan fingerprint density at radius 2 is 1.86 bits per heavy atom. The number of ether oxygens (including phenoxy) is 1. The fraction of sp³-hybridized carbons (Fsp3) is 0.136. The number of nitrogens with one attached hydrogen (secondary N) is 1. The van der Waals surface area contributed by atoms with Crippen LogP contribution in [0.25, 0.3) is 21.7 Å². The van der Waals surface area contributed by atoms with Crippen molar-refractivity contribution in [1.82, 2.24) is 14.9 Å². The SMILES string of the molecule is COc1ccc2cc(CNC(=O)Cn3cnc4ccccc4c3=O)ccc2c1. The first-order valence-corrected chi connectivity index (χ1v) is 8.91. The van der Waals surface area contributed by atoms with Gasteiger partial charge in [0.15, 0.2) is 0 Å². The van der Waals surface area contributed by atoms with Crippen LogP contribution < -0.4 is 15.6 Å². The molecule has 0 fully saturated rings. The molecule has 1 N–H and O–H groups in total. The van der Waals surface area contributed by atoms with E-state index in [1.54, 1.807) is 25.3 Å². The predicted octanol–water partition coefficient (Wildman–Crippen LogP) is 2.87. The summed E-state index contributed by atoms with van der Waals surface area (Å²) in [6.45, 7) is 0.317. The molecule has 140 valence electrons. The van der Waals surface area contributed by atoms with Gasteiger partial charge in [0.25, 0.3) is 5.56 Å². The lowest BCUT2D eigenvalue weighted by Gasteiger charge is -2.09. The zero-order valence-corrected chi connectivity index (χ0v) is 15.4. The number of carbonyl (C=O) groups is 1. The van der Waals surface area contributed by atoms with Gasteiger partial charge in [-0.25, -0.2) is 4.98 Å². The number of carbonyl (C=O) groups excluding carboxylic acids is 1. The molecule has 6 heteroatoms. The molecule has 28 heavy (non-hydrogen) atoms. The van der Waals surface area contributed by atoms with Gasteiger partial charge in [-0.15, -0.1) is 0 Å². The maximum atomic E-state index is 12.5. The van der Waals surface area contributed by atoms with E-state index in [2.05, 4.69) is 10.3 Å². The topological polar surface area (TPSA) is 73.2 Å². The van der Waals surface area contributed by atoms with E-state index >= 15 is 0 Å². The van der Waals surface area contributed by atoms with Crippen molar-refractivity contribution in [1.29, 1.82) is 0 Å². The van der Waals surface area contributed by atoms with Crippen LogP contribution in [0.15, 0.2) is 71.8 Å². The zero-order valence-electron chi connectivity index (χ0n) is 15.4. The minimum Gasteiger partial charge on any atom is -0.497 e. The minimum absolute atomic E-state index is 0.0680. The number of fused-ring (bicyclic) bond motifs is 2. The average Bonchev–Trinajstić information content (AvgIpc) is 2.74. The highest BCUT2D eigenvalue weighted by Crippen LogP contribution is 2.21. The summed E-state index contributed by atoms with van der Waals surface area (Å²) in [6, 6.07) is 18.9. The summed E-state index contributed by atoms with van der Waals surface area (Å²) in [5.41, 5.74) is 1.38. The van der Waals surface area contributed by atoms with E-state index in [1.165, 1.54) is 10.9 Å². The second kappa shape index (κ2) is 7.52. The third-order valence-corrected chi connectivity index (χ3v) is 4.65. The summed E-state index contributed by atoms with van der Waals surface area (Å²) in [5, 5.41) is 5.51. The molecule has 4 rings (SSSR count). The first-order chi connectivity index (χ1) is 13.6. The average molecular weight is 373 g/mol. The number of nitrogens with zero attached hydrogens (tertiary/aromatic N) is 2. The Kier molecular flexibility index (Phi) is 4.76. The molecular formula is C22H19N3O3. The first kappa shape index (κ1) is 17.7. The lowest BCUT2D eigenvalue weighted by atomic mass is 10.1. The molecular weight excluding hydrogens is 354 g/mol. The molecule has 1 amide bonds. The van der Waals surface area contributed by atoms with Crippen molar-refractivity contribution in [2.24, 2.45) is 0 Å². The van der Waals surface area contributed by atoms with Gasteiger partial charge in [0.1, 0.15) is 12.3 Å². The van der Waals surface area contributed by atoms with Gasteiger partial charge in [-0.1, -0.05) is 30.3 Å². The summed E-state index contributed by atoms with van der Waals surface area (Å²) >= 11 is 0. The number of amides is 1. The summed E-state index contributed by atoms with van der Waals surface area (Å²) in [7, 11) is 1.64. The Balaban J connectivity index is 1.45. The molecule has 1 aromatic heterocycles. The number of hydrogen-bond donors (Lipinski definition) is 1. The third kappa shape index (κ3) is 3.57. The summed E-state index contributed by atoms with van der Waals surface area (Å²) < 4.78 is 6.56. The lowest BCUT2D eigenvalue weighted by Crippen LogP contribution is -2.32. The van der Waals surface area contributed by atoms with Gasteiger partial charge < -0.3 is 10.1 Å². The van der Waals surface area contributed by atoms with Crippen molar-refractivity contribution in [3.05, 3.63) is 82.9 Å². The van der Waals surface area contributed by atoms with Gasteiger partial charge in [-0.2, -0.15) is 0 Å². The largest absolute Gasteiger partial charge is 0.497 e. The van der Waals surface area contributed by atoms with Gasteiger partial charge in [0.05, 0.1) is 24.3 Å². The van der Waals surface area contributed by atoms with Gasteiger partial charge in [-0.05, 0) is 46.7 Å². The zero-order chi connectivity index (χ0) is 19.5. The van der Waals surface area contributed by atoms with Crippen LogP contribution in [0.5, 0.6) is 5.75 Å². The van der Waals surface area contributed by atoms with Crippen molar-refractivity contribution in [3.63, 3.8) is 0 Å². The van der Waals surface area contributed by atoms with Crippen molar-refractivity contribution in [2.75, 3.05) is 7.11 Å². The van der Waals surface area contributed by atoms with E-state index in [0.29, 0.717) is 17.4 Å². The third-order valence-electron chi connectivity index (χ3n) is 4.65. The molecule has 0 radical (unpaired) electrons. The quantitative estimate of drug-likeness (QED) is 0.584. The molecule has 0 aliphatic heterocycles. The standard InChI is InChI=1S/C22H19N3O3/c1-28-18-9-8-16-10-15(6-7-17(16)11-18)12-23-21(26)13-25-14-24-20-5-3-2-4-19(20)22(25)27/h2-11,14H,12-13H2,1H3,(H,23,26). The molecule has 0 atom stereocenters. The molecule has 0 aliphatic rings. The molecule has 0 saturated carbocycles. The van der Waals surface area contributed by atoms with Crippen molar-refractivity contribution < 1.29 is 9.53 Å². The monoisotopic (exact) mass is 373 g/mol. The van der Waals surface area contributed by atoms with E-state index < -0.39 is 0 Å². The number of rotatable bonds is 5. The van der Waals surface area contributed by atoms with E-state index in [9.17, 15) is 9.59 Å². The molecule has 3 aromatic carbocycles. The second-order valence-corrected chi connectivity index (χ2v) is 6.52. The van der Waals surface area contributed by atoms with E-state index in [4.69, 9.17) is 4.74 Å². The number of methoxy groups -OCH3 is 1. The van der Waals surface area contributed by atoms with E-state index in [-0.39, 0.29) is 18.0 Å². The highest BCUT2D eigenvalue weighted by Gasteiger charge is 2.08. The maximum Gasteiger partial charge on any atom is 0.261 e. The van der Waals surface area contributed by atoms with Crippen LogP contribution in [0.2, 0.25) is 0 Å². The van der Waals surface area contributed by atoms with Crippen molar-refractivity contribution in [3.8, 4) is 5.75 Å². The maximum absolute atomic E-state index is 12.5. The molecule has 0 spiro atoms. The Morgan fingerprint density at radius 1 is 1.07 bits per heavy atom. The highest BCUT2D eigenvalue weighted by atomic mass is 16.5. The van der Waals surface area contributed by atoms with Crippen LogP contribution in [-0.4, -0.2) is 22.6 Å². The smallest absolute Gasteiger partial charge is 0.261 e. The normalized spacial score (nSPS) is 10.9. The predicted molar refractivity (Wildman–Crippen MR) is 108 cm³/mol. The second-order valence-electron chi connectivity index (χ2n) is 6.52. The van der Waals surface area contributed by atoms with Crippen LogP contribution in [0.4, 0.5) is 0 Å². The fourth-order valence-electron chi connectivity index (χ4n) is 3.14. The Hall–Kier alpha value is -3.67. The summed E-state index contributed by atoms with van der Waals surface area (Å²) in [5.74, 6) is 0.567. The molecule has 0 saturated heterocycles. The number of benzene rings is 3. The molecule has 0 unspecified atom stereocenters. The Labute approximate surface area is 161 Å². The first-order valence-electron chi connectivity index (χ1n) is 8.91. The van der Waals surface area contributed by atoms with Crippen LogP contribution in [0, 0.1) is 0 Å². The van der Waals surface area contributed by atoms with E-state index in [0.717, 1.165) is 22.1 Å². The summed E-state index contributed by atoms with van der Waals surface area (Å²) in [6.07, 6.45) is 1.41. The Bertz CT molecular complexity index is 1230. The molecule has 1 heterocycles. The Morgan fingerprint density at radius 3 is 2.71 bits per heavy atom. The fourth-order valence-corrected chi connectivity index (χ4v) is 3.14. The number of hydrogen-bond acceptors (Lipinski definition) is 4. The molecule has 4 aromatic rings. The molecule has 0 bridgehead atoms. The van der Waals surface area contributed by atoms with Crippen LogP contribution in [0.3, 0.4) is 0 Å². The lowest BCUT2D eigenvalue weighted by molar-refractivity contribution is -0.121. The number of para-hydroxylation sites is 1. The number of aromatic nitrogens is 2. The van der Waals surface area contributed by atoms with Gasteiger partial charge in [-0.3, -0.25) is 14.2 Å².